The lowest BCUT2D eigenvalue weighted by Crippen LogP contribution is -2.41. The standard InChI is InChI=1S/C16H14F2N2O2/c1-10(19-16(22)11-6-3-2-4-7-11)15(21)20-14-12(17)8-5-9-13(14)18/h2-10H,1H3,(H,19,22)(H,20,21)/t10-/m1/s1. The molecule has 0 fully saturated rings. The Labute approximate surface area is 126 Å². The third kappa shape index (κ3) is 3.66. The number of halogens is 2. The van der Waals surface area contributed by atoms with Crippen LogP contribution in [0.25, 0.3) is 0 Å². The second kappa shape index (κ2) is 6.80. The molecule has 2 N–H and O–H groups in total. The number of rotatable bonds is 4. The Kier molecular flexibility index (Phi) is 4.83. The van der Waals surface area contributed by atoms with Gasteiger partial charge in [0.05, 0.1) is 0 Å². The molecule has 2 amide bonds. The molecule has 2 aromatic carbocycles. The Balaban J connectivity index is 2.02. The average molecular weight is 304 g/mol. The van der Waals surface area contributed by atoms with E-state index in [1.165, 1.54) is 13.0 Å². The van der Waals surface area contributed by atoms with Crippen LogP contribution in [0.3, 0.4) is 0 Å². The van der Waals surface area contributed by atoms with E-state index in [-0.39, 0.29) is 0 Å². The Morgan fingerprint density at radius 2 is 1.55 bits per heavy atom. The summed E-state index contributed by atoms with van der Waals surface area (Å²) >= 11 is 0. The molecule has 0 aliphatic heterocycles. The summed E-state index contributed by atoms with van der Waals surface area (Å²) in [5.74, 6) is -2.92. The van der Waals surface area contributed by atoms with E-state index in [1.807, 2.05) is 0 Å². The molecule has 0 heterocycles. The second-order valence-corrected chi connectivity index (χ2v) is 4.65. The van der Waals surface area contributed by atoms with Gasteiger partial charge < -0.3 is 10.6 Å². The number of benzene rings is 2. The first-order valence-corrected chi connectivity index (χ1v) is 6.60. The van der Waals surface area contributed by atoms with E-state index in [0.29, 0.717) is 5.56 Å². The highest BCUT2D eigenvalue weighted by molar-refractivity contribution is 6.01. The number of para-hydroxylation sites is 1. The smallest absolute Gasteiger partial charge is 0.251 e. The third-order valence-corrected chi connectivity index (χ3v) is 2.99. The molecule has 2 rings (SSSR count). The minimum atomic E-state index is -0.952. The first-order chi connectivity index (χ1) is 10.5. The number of nitrogens with one attached hydrogen (secondary N) is 2. The van der Waals surface area contributed by atoms with Crippen LogP contribution in [-0.2, 0) is 4.79 Å². The van der Waals surface area contributed by atoms with Crippen molar-refractivity contribution in [3.05, 3.63) is 65.7 Å². The third-order valence-electron chi connectivity index (χ3n) is 2.99. The fourth-order valence-electron chi connectivity index (χ4n) is 1.78. The van der Waals surface area contributed by atoms with E-state index in [9.17, 15) is 18.4 Å². The lowest BCUT2D eigenvalue weighted by Gasteiger charge is -2.15. The van der Waals surface area contributed by atoms with Gasteiger partial charge in [-0.2, -0.15) is 0 Å². The maximum Gasteiger partial charge on any atom is 0.251 e. The molecule has 0 aliphatic rings. The summed E-state index contributed by atoms with van der Waals surface area (Å²) < 4.78 is 26.9. The molecule has 4 nitrogen and oxygen atoms in total. The van der Waals surface area contributed by atoms with Crippen molar-refractivity contribution in [1.29, 1.82) is 0 Å². The molecular formula is C16H14F2N2O2. The van der Waals surface area contributed by atoms with Gasteiger partial charge in [-0.05, 0) is 31.2 Å². The predicted molar refractivity (Wildman–Crippen MR) is 78.4 cm³/mol. The van der Waals surface area contributed by atoms with Crippen molar-refractivity contribution in [3.63, 3.8) is 0 Å². The van der Waals surface area contributed by atoms with Gasteiger partial charge in [0, 0.05) is 5.56 Å². The Morgan fingerprint density at radius 3 is 2.14 bits per heavy atom. The molecule has 0 bridgehead atoms. The molecule has 2 aromatic rings. The number of carbonyl (C=O) groups is 2. The summed E-state index contributed by atoms with van der Waals surface area (Å²) in [4.78, 5) is 23.8. The van der Waals surface area contributed by atoms with Crippen molar-refractivity contribution in [3.8, 4) is 0 Å². The van der Waals surface area contributed by atoms with Gasteiger partial charge in [-0.3, -0.25) is 9.59 Å². The number of amides is 2. The van der Waals surface area contributed by atoms with Gasteiger partial charge >= 0.3 is 0 Å². The van der Waals surface area contributed by atoms with Crippen molar-refractivity contribution in [2.75, 3.05) is 5.32 Å². The van der Waals surface area contributed by atoms with Gasteiger partial charge in [0.1, 0.15) is 23.4 Å². The molecule has 0 aliphatic carbocycles. The van der Waals surface area contributed by atoms with Gasteiger partial charge in [0.2, 0.25) is 5.91 Å². The zero-order valence-corrected chi connectivity index (χ0v) is 11.8. The summed E-state index contributed by atoms with van der Waals surface area (Å²) in [6.45, 7) is 1.43. The van der Waals surface area contributed by atoms with Crippen LogP contribution in [0.4, 0.5) is 14.5 Å². The maximum atomic E-state index is 13.5. The minimum absolute atomic E-state index is 0.388. The van der Waals surface area contributed by atoms with Crippen LogP contribution in [0, 0.1) is 11.6 Å². The highest BCUT2D eigenvalue weighted by Crippen LogP contribution is 2.18. The van der Waals surface area contributed by atoms with E-state index >= 15 is 0 Å². The largest absolute Gasteiger partial charge is 0.341 e. The van der Waals surface area contributed by atoms with E-state index in [0.717, 1.165) is 12.1 Å². The summed E-state index contributed by atoms with van der Waals surface area (Å²) in [5, 5.41) is 4.59. The van der Waals surface area contributed by atoms with E-state index in [1.54, 1.807) is 30.3 Å². The van der Waals surface area contributed by atoms with Gasteiger partial charge in [-0.15, -0.1) is 0 Å². The predicted octanol–water partition coefficient (Wildman–Crippen LogP) is 2.72. The van der Waals surface area contributed by atoms with Crippen molar-refractivity contribution >= 4 is 17.5 Å². The van der Waals surface area contributed by atoms with Crippen LogP contribution in [0.2, 0.25) is 0 Å². The first kappa shape index (κ1) is 15.6. The molecule has 114 valence electrons. The number of anilines is 1. The Morgan fingerprint density at radius 1 is 0.955 bits per heavy atom. The maximum absolute atomic E-state index is 13.5. The Bertz CT molecular complexity index is 670. The van der Waals surface area contributed by atoms with E-state index < -0.39 is 35.2 Å². The van der Waals surface area contributed by atoms with Gasteiger partial charge in [0.25, 0.3) is 5.91 Å². The van der Waals surface area contributed by atoms with Gasteiger partial charge in [-0.25, -0.2) is 8.78 Å². The van der Waals surface area contributed by atoms with Crippen molar-refractivity contribution < 1.29 is 18.4 Å². The van der Waals surface area contributed by atoms with Crippen molar-refractivity contribution in [1.82, 2.24) is 5.32 Å². The van der Waals surface area contributed by atoms with E-state index in [4.69, 9.17) is 0 Å². The first-order valence-electron chi connectivity index (χ1n) is 6.60. The SMILES string of the molecule is C[C@@H](NC(=O)c1ccccc1)C(=O)Nc1c(F)cccc1F. The summed E-state index contributed by atoms with van der Waals surface area (Å²) in [7, 11) is 0. The number of carbonyl (C=O) groups excluding carboxylic acids is 2. The molecule has 6 heteroatoms. The zero-order valence-electron chi connectivity index (χ0n) is 11.8. The molecule has 0 saturated heterocycles. The molecule has 0 saturated carbocycles. The molecule has 0 spiro atoms. The molecule has 22 heavy (non-hydrogen) atoms. The van der Waals surface area contributed by atoms with Gasteiger partial charge in [0.15, 0.2) is 0 Å². The van der Waals surface area contributed by atoms with Crippen molar-refractivity contribution in [2.24, 2.45) is 0 Å². The van der Waals surface area contributed by atoms with Crippen LogP contribution in [0.15, 0.2) is 48.5 Å². The average Bonchev–Trinajstić information content (AvgIpc) is 2.51. The lowest BCUT2D eigenvalue weighted by molar-refractivity contribution is -0.117. The van der Waals surface area contributed by atoms with Crippen LogP contribution >= 0.6 is 0 Å². The fraction of sp³-hybridized carbons (Fsp3) is 0.125. The van der Waals surface area contributed by atoms with Crippen LogP contribution in [-0.4, -0.2) is 17.9 Å². The Hall–Kier alpha value is -2.76. The van der Waals surface area contributed by atoms with E-state index in [2.05, 4.69) is 10.6 Å². The summed E-state index contributed by atoms with van der Waals surface area (Å²) in [6.07, 6.45) is 0. The topological polar surface area (TPSA) is 58.2 Å². The lowest BCUT2D eigenvalue weighted by atomic mass is 10.2. The molecule has 1 atom stereocenters. The number of hydrogen-bond donors (Lipinski definition) is 2. The van der Waals surface area contributed by atoms with Crippen LogP contribution < -0.4 is 10.6 Å². The van der Waals surface area contributed by atoms with Crippen LogP contribution in [0.5, 0.6) is 0 Å². The van der Waals surface area contributed by atoms with Crippen molar-refractivity contribution in [2.45, 2.75) is 13.0 Å². The highest BCUT2D eigenvalue weighted by Gasteiger charge is 2.19. The minimum Gasteiger partial charge on any atom is -0.341 e. The highest BCUT2D eigenvalue weighted by atomic mass is 19.1. The summed E-state index contributed by atoms with van der Waals surface area (Å²) in [5.41, 5.74) is -0.146. The molecule has 0 aromatic heterocycles. The normalized spacial score (nSPS) is 11.6. The number of hydrogen-bond acceptors (Lipinski definition) is 2. The summed E-state index contributed by atoms with van der Waals surface area (Å²) in [6, 6.07) is 10.6. The monoisotopic (exact) mass is 304 g/mol. The molecule has 0 unspecified atom stereocenters. The quantitative estimate of drug-likeness (QED) is 0.912. The fourth-order valence-corrected chi connectivity index (χ4v) is 1.78. The van der Waals surface area contributed by atoms with Gasteiger partial charge in [-0.1, -0.05) is 24.3 Å². The molecule has 0 radical (unpaired) electrons. The van der Waals surface area contributed by atoms with Crippen LogP contribution in [0.1, 0.15) is 17.3 Å². The second-order valence-electron chi connectivity index (χ2n) is 4.65. The zero-order chi connectivity index (χ0) is 16.1. The molecular weight excluding hydrogens is 290 g/mol.